The van der Waals surface area contributed by atoms with E-state index in [4.69, 9.17) is 20.8 Å². The van der Waals surface area contributed by atoms with Crippen molar-refractivity contribution in [3.63, 3.8) is 0 Å². The van der Waals surface area contributed by atoms with Gasteiger partial charge in [-0.25, -0.2) is 0 Å². The number of oxime groups is 4. The molecule has 0 rings (SSSR count). The number of nitrogens with zero attached hydrogens (tertiary/aromatic N) is 4. The summed E-state index contributed by atoms with van der Waals surface area (Å²) in [4.78, 5) is 0. The van der Waals surface area contributed by atoms with Crippen LogP contribution in [0.4, 0.5) is 0 Å². The van der Waals surface area contributed by atoms with E-state index in [1.54, 1.807) is 0 Å². The molecule has 0 saturated carbocycles. The zero-order chi connectivity index (χ0) is 12.2. The first-order chi connectivity index (χ1) is 7.78. The van der Waals surface area contributed by atoms with Gasteiger partial charge in [0.15, 0.2) is 10.1 Å². The smallest absolute Gasteiger partial charge is 0.157 e. The Morgan fingerprint density at radius 1 is 0.812 bits per heavy atom. The number of hydrogen-bond donors (Lipinski definition) is 4. The molecule has 0 bridgehead atoms. The Morgan fingerprint density at radius 2 is 1.19 bits per heavy atom. The highest BCUT2D eigenvalue weighted by molar-refractivity contribution is 8.18. The lowest BCUT2D eigenvalue weighted by atomic mass is 10.8. The van der Waals surface area contributed by atoms with Crippen LogP contribution in [0.1, 0.15) is 0 Å². The minimum Gasteiger partial charge on any atom is -0.411 e. The fraction of sp³-hybridized carbons (Fsp3) is 0.333. The number of thioether (sulfide) groups is 2. The SMILES string of the molecule is O/N=C\C(=N/O)SCCSC(/C=N/O)=N\O. The van der Waals surface area contributed by atoms with E-state index < -0.39 is 0 Å². The third kappa shape index (κ3) is 6.95. The van der Waals surface area contributed by atoms with Crippen molar-refractivity contribution in [1.82, 2.24) is 0 Å². The third-order valence-corrected chi connectivity index (χ3v) is 3.16. The molecule has 16 heavy (non-hydrogen) atoms. The molecule has 0 aromatic heterocycles. The Hall–Kier alpha value is -1.42. The molecule has 0 radical (unpaired) electrons. The van der Waals surface area contributed by atoms with Crippen LogP contribution in [0.3, 0.4) is 0 Å². The van der Waals surface area contributed by atoms with Crippen LogP contribution >= 0.6 is 23.5 Å². The predicted molar refractivity (Wildman–Crippen MR) is 63.9 cm³/mol. The summed E-state index contributed by atoms with van der Waals surface area (Å²) in [6.07, 6.45) is 1.98. The highest BCUT2D eigenvalue weighted by atomic mass is 32.2. The van der Waals surface area contributed by atoms with Crippen LogP contribution in [-0.2, 0) is 0 Å². The van der Waals surface area contributed by atoms with Gasteiger partial charge in [-0.3, -0.25) is 0 Å². The molecule has 0 spiro atoms. The summed E-state index contributed by atoms with van der Waals surface area (Å²) in [7, 11) is 0. The van der Waals surface area contributed by atoms with Crippen molar-refractivity contribution < 1.29 is 20.8 Å². The molecule has 0 aliphatic heterocycles. The van der Waals surface area contributed by atoms with Crippen LogP contribution < -0.4 is 0 Å². The van der Waals surface area contributed by atoms with Crippen molar-refractivity contribution in [2.75, 3.05) is 11.5 Å². The minimum atomic E-state index is 0.154. The molecule has 0 fully saturated rings. The monoisotopic (exact) mass is 266 g/mol. The van der Waals surface area contributed by atoms with E-state index in [1.807, 2.05) is 0 Å². The van der Waals surface area contributed by atoms with Gasteiger partial charge in [0.1, 0.15) is 12.4 Å². The fourth-order valence-electron chi connectivity index (χ4n) is 0.575. The average molecular weight is 266 g/mol. The molecule has 0 heterocycles. The van der Waals surface area contributed by atoms with Crippen molar-refractivity contribution in [2.45, 2.75) is 0 Å². The second kappa shape index (κ2) is 10.1. The lowest BCUT2D eigenvalue weighted by Crippen LogP contribution is -2.00. The van der Waals surface area contributed by atoms with Crippen molar-refractivity contribution in [1.29, 1.82) is 0 Å². The van der Waals surface area contributed by atoms with Crippen LogP contribution in [-0.4, -0.2) is 54.9 Å². The van der Waals surface area contributed by atoms with Gasteiger partial charge in [-0.05, 0) is 0 Å². The maximum atomic E-state index is 8.44. The number of rotatable bonds is 5. The average Bonchev–Trinajstić information content (AvgIpc) is 2.31. The van der Waals surface area contributed by atoms with Crippen LogP contribution in [0.25, 0.3) is 0 Å². The van der Waals surface area contributed by atoms with Gasteiger partial charge in [0.2, 0.25) is 0 Å². The van der Waals surface area contributed by atoms with Gasteiger partial charge >= 0.3 is 0 Å². The maximum absolute atomic E-state index is 8.44. The second-order valence-corrected chi connectivity index (χ2v) is 4.29. The molecule has 90 valence electrons. The van der Waals surface area contributed by atoms with Gasteiger partial charge in [0, 0.05) is 11.5 Å². The Kier molecular flexibility index (Phi) is 9.21. The van der Waals surface area contributed by atoms with Crippen molar-refractivity contribution in [3.8, 4) is 0 Å². The first kappa shape index (κ1) is 14.6. The molecule has 0 saturated heterocycles. The van der Waals surface area contributed by atoms with Gasteiger partial charge in [-0.15, -0.1) is 23.5 Å². The van der Waals surface area contributed by atoms with Gasteiger partial charge in [0.05, 0.1) is 0 Å². The summed E-state index contributed by atoms with van der Waals surface area (Å²) in [6, 6.07) is 0. The number of hydrogen-bond acceptors (Lipinski definition) is 10. The summed E-state index contributed by atoms with van der Waals surface area (Å²) >= 11 is 2.29. The molecule has 0 aliphatic carbocycles. The van der Waals surface area contributed by atoms with E-state index in [0.717, 1.165) is 36.0 Å². The third-order valence-electron chi connectivity index (χ3n) is 1.12. The summed E-state index contributed by atoms with van der Waals surface area (Å²) < 4.78 is 0. The summed E-state index contributed by atoms with van der Waals surface area (Å²) in [5.74, 6) is 1.04. The molecule has 0 aromatic carbocycles. The quantitative estimate of drug-likeness (QED) is 0.193. The summed E-state index contributed by atoms with van der Waals surface area (Å²) in [5.41, 5.74) is 0. The standard InChI is InChI=1S/C6H10N4O4S2/c11-7-3-5(9-13)15-1-2-16-6(10-14)4-8-12/h3-4,11-14H,1-2H2/b7-3-,8-4+,9-5+,10-6-. The molecule has 0 aliphatic rings. The molecule has 0 atom stereocenters. The first-order valence-corrected chi connectivity index (χ1v) is 5.80. The Morgan fingerprint density at radius 3 is 1.44 bits per heavy atom. The van der Waals surface area contributed by atoms with Gasteiger partial charge in [0.25, 0.3) is 0 Å². The first-order valence-electron chi connectivity index (χ1n) is 3.83. The Bertz CT molecular complexity index is 275. The fourth-order valence-corrected chi connectivity index (χ4v) is 2.02. The molecule has 10 heteroatoms. The van der Waals surface area contributed by atoms with Crippen molar-refractivity contribution in [3.05, 3.63) is 0 Å². The Labute approximate surface area is 99.4 Å². The molecule has 8 nitrogen and oxygen atoms in total. The molecule has 0 unspecified atom stereocenters. The van der Waals surface area contributed by atoms with Crippen LogP contribution in [0, 0.1) is 0 Å². The lowest BCUT2D eigenvalue weighted by Gasteiger charge is -1.98. The Balaban J connectivity index is 3.83. The zero-order valence-electron chi connectivity index (χ0n) is 7.96. The maximum Gasteiger partial charge on any atom is 0.157 e. The molecule has 0 amide bonds. The van der Waals surface area contributed by atoms with E-state index in [-0.39, 0.29) is 10.1 Å². The van der Waals surface area contributed by atoms with Gasteiger partial charge < -0.3 is 20.8 Å². The second-order valence-electron chi connectivity index (χ2n) is 2.06. The van der Waals surface area contributed by atoms with E-state index >= 15 is 0 Å². The zero-order valence-corrected chi connectivity index (χ0v) is 9.60. The van der Waals surface area contributed by atoms with E-state index in [2.05, 4.69) is 20.6 Å². The summed E-state index contributed by atoms with van der Waals surface area (Å²) in [6.45, 7) is 0. The minimum absolute atomic E-state index is 0.154. The topological polar surface area (TPSA) is 130 Å². The molecular formula is C6H10N4O4S2. The summed E-state index contributed by atoms with van der Waals surface area (Å²) in [5, 5.41) is 44.7. The van der Waals surface area contributed by atoms with E-state index in [0.29, 0.717) is 11.5 Å². The van der Waals surface area contributed by atoms with Crippen LogP contribution in [0.2, 0.25) is 0 Å². The lowest BCUT2D eigenvalue weighted by molar-refractivity contribution is 0.317. The highest BCUT2D eigenvalue weighted by Gasteiger charge is 2.01. The van der Waals surface area contributed by atoms with Crippen LogP contribution in [0.15, 0.2) is 20.6 Å². The highest BCUT2D eigenvalue weighted by Crippen LogP contribution is 2.09. The van der Waals surface area contributed by atoms with Crippen molar-refractivity contribution >= 4 is 46.0 Å². The normalized spacial score (nSPS) is 14.0. The molecule has 0 aromatic rings. The van der Waals surface area contributed by atoms with E-state index in [1.165, 1.54) is 0 Å². The molecular weight excluding hydrogens is 256 g/mol. The van der Waals surface area contributed by atoms with Gasteiger partial charge in [-0.1, -0.05) is 20.6 Å². The predicted octanol–water partition coefficient (Wildman–Crippen LogP) is 0.948. The van der Waals surface area contributed by atoms with E-state index in [9.17, 15) is 0 Å². The largest absolute Gasteiger partial charge is 0.411 e. The molecule has 4 N–H and O–H groups in total. The van der Waals surface area contributed by atoms with Crippen molar-refractivity contribution in [2.24, 2.45) is 20.6 Å². The van der Waals surface area contributed by atoms with Crippen LogP contribution in [0.5, 0.6) is 0 Å². The van der Waals surface area contributed by atoms with Gasteiger partial charge in [-0.2, -0.15) is 0 Å².